The van der Waals surface area contributed by atoms with Gasteiger partial charge in [-0.05, 0) is 61.2 Å². The lowest BCUT2D eigenvalue weighted by molar-refractivity contribution is -0.145. The van der Waals surface area contributed by atoms with E-state index in [0.717, 1.165) is 22.3 Å². The fourth-order valence-electron chi connectivity index (χ4n) is 2.42. The third-order valence-corrected chi connectivity index (χ3v) is 3.94. The number of hydrogen-bond donors (Lipinski definition) is 1. The number of ether oxygens (including phenoxy) is 1. The molecule has 0 heterocycles. The molecule has 0 fully saturated rings. The molecule has 0 amide bonds. The lowest BCUT2D eigenvalue weighted by Gasteiger charge is -2.17. The molecule has 0 saturated heterocycles. The van der Waals surface area contributed by atoms with Gasteiger partial charge in [0.05, 0.1) is 0 Å². The van der Waals surface area contributed by atoms with Gasteiger partial charge in [-0.15, -0.1) is 0 Å². The first-order valence-electron chi connectivity index (χ1n) is 7.08. The van der Waals surface area contributed by atoms with Crippen LogP contribution in [0, 0.1) is 20.8 Å². The van der Waals surface area contributed by atoms with Crippen LogP contribution in [0.1, 0.15) is 22.3 Å². The maximum absolute atomic E-state index is 11.5. The number of carboxylic acids is 1. The zero-order chi connectivity index (χ0) is 16.3. The fourth-order valence-corrected chi connectivity index (χ4v) is 2.61. The van der Waals surface area contributed by atoms with Gasteiger partial charge in [0.2, 0.25) is 0 Å². The van der Waals surface area contributed by atoms with Crippen LogP contribution in [0.2, 0.25) is 5.02 Å². The molecule has 4 heteroatoms. The van der Waals surface area contributed by atoms with E-state index < -0.39 is 12.1 Å². The highest BCUT2D eigenvalue weighted by molar-refractivity contribution is 6.31. The van der Waals surface area contributed by atoms with Crippen LogP contribution in [-0.2, 0) is 11.2 Å². The highest BCUT2D eigenvalue weighted by Gasteiger charge is 2.21. The van der Waals surface area contributed by atoms with Gasteiger partial charge in [-0.25, -0.2) is 4.79 Å². The molecule has 0 saturated carbocycles. The van der Waals surface area contributed by atoms with E-state index in [0.29, 0.717) is 10.8 Å². The minimum Gasteiger partial charge on any atom is -0.478 e. The second kappa shape index (κ2) is 6.84. The molecule has 0 radical (unpaired) electrons. The molecule has 0 unspecified atom stereocenters. The fraction of sp³-hybridized carbons (Fsp3) is 0.278. The van der Waals surface area contributed by atoms with Crippen molar-refractivity contribution in [3.05, 3.63) is 63.7 Å². The molecule has 22 heavy (non-hydrogen) atoms. The Labute approximate surface area is 135 Å². The number of carboxylic acid groups (broad SMARTS) is 1. The zero-order valence-electron chi connectivity index (χ0n) is 12.9. The minimum atomic E-state index is -0.987. The number of benzene rings is 2. The van der Waals surface area contributed by atoms with E-state index in [1.165, 1.54) is 0 Å². The quantitative estimate of drug-likeness (QED) is 0.892. The highest BCUT2D eigenvalue weighted by atomic mass is 35.5. The van der Waals surface area contributed by atoms with E-state index in [-0.39, 0.29) is 6.42 Å². The van der Waals surface area contributed by atoms with Crippen molar-refractivity contribution in [3.63, 3.8) is 0 Å². The summed E-state index contributed by atoms with van der Waals surface area (Å²) in [6, 6.07) is 11.2. The summed E-state index contributed by atoms with van der Waals surface area (Å²) in [5.41, 5.74) is 3.85. The first kappa shape index (κ1) is 16.4. The zero-order valence-corrected chi connectivity index (χ0v) is 13.6. The van der Waals surface area contributed by atoms with Gasteiger partial charge in [0.1, 0.15) is 5.75 Å². The van der Waals surface area contributed by atoms with Gasteiger partial charge in [0.25, 0.3) is 0 Å². The first-order chi connectivity index (χ1) is 10.4. The molecule has 116 valence electrons. The predicted molar refractivity (Wildman–Crippen MR) is 87.9 cm³/mol. The van der Waals surface area contributed by atoms with Crippen LogP contribution in [0.15, 0.2) is 36.4 Å². The van der Waals surface area contributed by atoms with Crippen molar-refractivity contribution in [2.45, 2.75) is 33.3 Å². The second-order valence-corrected chi connectivity index (χ2v) is 5.90. The maximum atomic E-state index is 11.5. The van der Waals surface area contributed by atoms with Gasteiger partial charge in [-0.2, -0.15) is 0 Å². The van der Waals surface area contributed by atoms with E-state index in [1.807, 2.05) is 51.1 Å². The molecule has 0 bridgehead atoms. The van der Waals surface area contributed by atoms with Gasteiger partial charge >= 0.3 is 5.97 Å². The second-order valence-electron chi connectivity index (χ2n) is 5.50. The summed E-state index contributed by atoms with van der Waals surface area (Å²) in [6.45, 7) is 5.79. The Kier molecular flexibility index (Phi) is 5.09. The van der Waals surface area contributed by atoms with Crippen LogP contribution in [0.25, 0.3) is 0 Å². The van der Waals surface area contributed by atoms with Crippen LogP contribution < -0.4 is 4.74 Å². The Morgan fingerprint density at radius 3 is 2.41 bits per heavy atom. The monoisotopic (exact) mass is 318 g/mol. The number of hydrogen-bond acceptors (Lipinski definition) is 2. The largest absolute Gasteiger partial charge is 0.478 e. The summed E-state index contributed by atoms with van der Waals surface area (Å²) in [5.74, 6) is -0.414. The summed E-state index contributed by atoms with van der Waals surface area (Å²) < 4.78 is 5.69. The predicted octanol–water partition coefficient (Wildman–Crippen LogP) is 4.34. The van der Waals surface area contributed by atoms with Crippen molar-refractivity contribution >= 4 is 17.6 Å². The normalized spacial score (nSPS) is 12.0. The Hall–Kier alpha value is -2.00. The summed E-state index contributed by atoms with van der Waals surface area (Å²) in [7, 11) is 0. The van der Waals surface area contributed by atoms with E-state index in [1.54, 1.807) is 6.07 Å². The molecule has 1 N–H and O–H groups in total. The summed E-state index contributed by atoms with van der Waals surface area (Å²) in [5, 5.41) is 10.1. The molecule has 0 aromatic heterocycles. The molecule has 0 aliphatic heterocycles. The van der Waals surface area contributed by atoms with Crippen molar-refractivity contribution in [2.24, 2.45) is 0 Å². The number of rotatable bonds is 5. The highest BCUT2D eigenvalue weighted by Crippen LogP contribution is 2.23. The molecule has 3 nitrogen and oxygen atoms in total. The average molecular weight is 319 g/mol. The summed E-state index contributed by atoms with van der Waals surface area (Å²) in [6.07, 6.45) is -0.673. The van der Waals surface area contributed by atoms with E-state index in [4.69, 9.17) is 16.3 Å². The van der Waals surface area contributed by atoms with E-state index >= 15 is 0 Å². The van der Waals surface area contributed by atoms with E-state index in [2.05, 4.69) is 0 Å². The molecule has 2 aromatic carbocycles. The van der Waals surface area contributed by atoms with Crippen molar-refractivity contribution in [2.75, 3.05) is 0 Å². The third-order valence-electron chi connectivity index (χ3n) is 3.53. The molecule has 2 aromatic rings. The Balaban J connectivity index is 2.23. The van der Waals surface area contributed by atoms with Crippen LogP contribution >= 0.6 is 11.6 Å². The molecule has 0 spiro atoms. The van der Waals surface area contributed by atoms with Gasteiger partial charge in [-0.3, -0.25) is 0 Å². The van der Waals surface area contributed by atoms with Gasteiger partial charge < -0.3 is 9.84 Å². The first-order valence-corrected chi connectivity index (χ1v) is 7.46. The minimum absolute atomic E-state index is 0.273. The van der Waals surface area contributed by atoms with Crippen LogP contribution in [-0.4, -0.2) is 17.2 Å². The summed E-state index contributed by atoms with van der Waals surface area (Å²) >= 11 is 6.09. The third kappa shape index (κ3) is 4.01. The Bertz CT molecular complexity index is 674. The summed E-state index contributed by atoms with van der Waals surface area (Å²) in [4.78, 5) is 11.5. The van der Waals surface area contributed by atoms with Crippen molar-refractivity contribution in [3.8, 4) is 5.75 Å². The molecule has 0 aliphatic carbocycles. The van der Waals surface area contributed by atoms with Crippen molar-refractivity contribution < 1.29 is 14.6 Å². The van der Waals surface area contributed by atoms with Crippen molar-refractivity contribution in [1.82, 2.24) is 0 Å². The molecule has 1 atom stereocenters. The van der Waals surface area contributed by atoms with Gasteiger partial charge in [0, 0.05) is 11.4 Å². The van der Waals surface area contributed by atoms with Gasteiger partial charge in [-0.1, -0.05) is 29.8 Å². The number of aliphatic carboxylic acids is 1. The standard InChI is InChI=1S/C18H19ClO3/c1-11-7-12(2)9-15(8-11)22-17(18(20)21)10-14-5-4-6-16(19)13(14)3/h4-9,17H,10H2,1-3H3,(H,20,21)/t17-/m0/s1. The molecular weight excluding hydrogens is 300 g/mol. The lowest BCUT2D eigenvalue weighted by Crippen LogP contribution is -2.29. The van der Waals surface area contributed by atoms with Crippen LogP contribution in [0.5, 0.6) is 5.75 Å². The number of aryl methyl sites for hydroxylation is 2. The van der Waals surface area contributed by atoms with E-state index in [9.17, 15) is 9.90 Å². The molecule has 0 aliphatic rings. The molecule has 2 rings (SSSR count). The average Bonchev–Trinajstić information content (AvgIpc) is 2.41. The van der Waals surface area contributed by atoms with Crippen LogP contribution in [0.4, 0.5) is 0 Å². The smallest absolute Gasteiger partial charge is 0.345 e. The van der Waals surface area contributed by atoms with Gasteiger partial charge in [0.15, 0.2) is 6.10 Å². The van der Waals surface area contributed by atoms with Crippen molar-refractivity contribution in [1.29, 1.82) is 0 Å². The lowest BCUT2D eigenvalue weighted by atomic mass is 10.0. The topological polar surface area (TPSA) is 46.5 Å². The Morgan fingerprint density at radius 2 is 1.82 bits per heavy atom. The number of carbonyl (C=O) groups is 1. The Morgan fingerprint density at radius 1 is 1.18 bits per heavy atom. The maximum Gasteiger partial charge on any atom is 0.345 e. The molecular formula is C18H19ClO3. The van der Waals surface area contributed by atoms with Crippen LogP contribution in [0.3, 0.4) is 0 Å². The SMILES string of the molecule is Cc1cc(C)cc(O[C@@H](Cc2cccc(Cl)c2C)C(=O)O)c1. The number of halogens is 1.